The van der Waals surface area contributed by atoms with Gasteiger partial charge in [0.05, 0.1) is 36.2 Å². The average molecular weight is 290 g/mol. The number of aromatic nitrogens is 2. The molecule has 8 heteroatoms. The number of carboxylic acids is 1. The van der Waals surface area contributed by atoms with E-state index in [0.717, 1.165) is 5.69 Å². The second-order valence-corrected chi connectivity index (χ2v) is 4.35. The SMILES string of the molecule is Cc1cc(CNC(=O)Nc2ccc(CC(=O)O)nc2)on1. The van der Waals surface area contributed by atoms with Gasteiger partial charge in [0.15, 0.2) is 5.76 Å². The number of anilines is 1. The monoisotopic (exact) mass is 290 g/mol. The third-order valence-corrected chi connectivity index (χ3v) is 2.51. The van der Waals surface area contributed by atoms with Crippen molar-refractivity contribution >= 4 is 17.7 Å². The molecule has 3 N–H and O–H groups in total. The number of pyridine rings is 1. The first kappa shape index (κ1) is 14.5. The number of hydrogen-bond acceptors (Lipinski definition) is 5. The van der Waals surface area contributed by atoms with Crippen molar-refractivity contribution in [1.29, 1.82) is 0 Å². The van der Waals surface area contributed by atoms with Crippen LogP contribution >= 0.6 is 0 Å². The zero-order chi connectivity index (χ0) is 15.2. The van der Waals surface area contributed by atoms with Gasteiger partial charge in [-0.1, -0.05) is 5.16 Å². The molecule has 0 radical (unpaired) electrons. The summed E-state index contributed by atoms with van der Waals surface area (Å²) in [6.07, 6.45) is 1.24. The number of carboxylic acid groups (broad SMARTS) is 1. The Hall–Kier alpha value is -2.90. The summed E-state index contributed by atoms with van der Waals surface area (Å²) in [6.45, 7) is 2.01. The normalized spacial score (nSPS) is 10.1. The highest BCUT2D eigenvalue weighted by atomic mass is 16.5. The predicted molar refractivity (Wildman–Crippen MR) is 72.7 cm³/mol. The van der Waals surface area contributed by atoms with Gasteiger partial charge in [-0.3, -0.25) is 9.78 Å². The minimum atomic E-state index is -0.955. The van der Waals surface area contributed by atoms with E-state index in [9.17, 15) is 9.59 Å². The number of urea groups is 1. The standard InChI is InChI=1S/C13H14N4O4/c1-8-4-11(21-17-8)7-15-13(20)16-10-3-2-9(14-6-10)5-12(18)19/h2-4,6H,5,7H2,1H3,(H,18,19)(H2,15,16,20). The quantitative estimate of drug-likeness (QED) is 0.764. The van der Waals surface area contributed by atoms with Gasteiger partial charge in [0.2, 0.25) is 0 Å². The van der Waals surface area contributed by atoms with Crippen LogP contribution in [0.2, 0.25) is 0 Å². The topological polar surface area (TPSA) is 117 Å². The van der Waals surface area contributed by atoms with Gasteiger partial charge < -0.3 is 20.3 Å². The van der Waals surface area contributed by atoms with Crippen molar-refractivity contribution in [1.82, 2.24) is 15.5 Å². The number of aliphatic carboxylic acids is 1. The molecule has 0 saturated heterocycles. The van der Waals surface area contributed by atoms with Crippen LogP contribution in [0.15, 0.2) is 28.9 Å². The molecule has 2 amide bonds. The molecule has 21 heavy (non-hydrogen) atoms. The Morgan fingerprint density at radius 2 is 2.19 bits per heavy atom. The summed E-state index contributed by atoms with van der Waals surface area (Å²) in [5.74, 6) is -0.402. The van der Waals surface area contributed by atoms with Crippen molar-refractivity contribution in [3.05, 3.63) is 41.5 Å². The molecular weight excluding hydrogens is 276 g/mol. The van der Waals surface area contributed by atoms with Crippen molar-refractivity contribution in [2.75, 3.05) is 5.32 Å². The molecule has 8 nitrogen and oxygen atoms in total. The van der Waals surface area contributed by atoms with E-state index in [1.54, 1.807) is 25.1 Å². The summed E-state index contributed by atoms with van der Waals surface area (Å²) in [5.41, 5.74) is 1.63. The lowest BCUT2D eigenvalue weighted by Crippen LogP contribution is -2.28. The Bertz CT molecular complexity index is 636. The Morgan fingerprint density at radius 1 is 1.38 bits per heavy atom. The highest BCUT2D eigenvalue weighted by Gasteiger charge is 2.06. The maximum atomic E-state index is 11.6. The fourth-order valence-electron chi connectivity index (χ4n) is 1.60. The lowest BCUT2D eigenvalue weighted by atomic mass is 10.2. The first-order chi connectivity index (χ1) is 10.0. The molecule has 2 aromatic rings. The fourth-order valence-corrected chi connectivity index (χ4v) is 1.60. The highest BCUT2D eigenvalue weighted by Crippen LogP contribution is 2.07. The summed E-state index contributed by atoms with van der Waals surface area (Å²) >= 11 is 0. The Morgan fingerprint density at radius 3 is 2.76 bits per heavy atom. The molecule has 0 aromatic carbocycles. The molecule has 0 fully saturated rings. The van der Waals surface area contributed by atoms with Gasteiger partial charge in [-0.25, -0.2) is 4.79 Å². The van der Waals surface area contributed by atoms with Gasteiger partial charge in [0.1, 0.15) is 0 Å². The zero-order valence-corrected chi connectivity index (χ0v) is 11.3. The van der Waals surface area contributed by atoms with E-state index >= 15 is 0 Å². The Balaban J connectivity index is 1.83. The zero-order valence-electron chi connectivity index (χ0n) is 11.3. The molecule has 0 bridgehead atoms. The molecular formula is C13H14N4O4. The van der Waals surface area contributed by atoms with E-state index in [4.69, 9.17) is 9.63 Å². The Labute approximate surface area is 120 Å². The first-order valence-corrected chi connectivity index (χ1v) is 6.16. The van der Waals surface area contributed by atoms with Crippen molar-refractivity contribution in [2.24, 2.45) is 0 Å². The first-order valence-electron chi connectivity index (χ1n) is 6.16. The van der Waals surface area contributed by atoms with Gasteiger partial charge in [-0.05, 0) is 19.1 Å². The molecule has 110 valence electrons. The fraction of sp³-hybridized carbons (Fsp3) is 0.231. The molecule has 0 unspecified atom stereocenters. The van der Waals surface area contributed by atoms with E-state index in [-0.39, 0.29) is 13.0 Å². The summed E-state index contributed by atoms with van der Waals surface area (Å²) in [4.78, 5) is 26.1. The third-order valence-electron chi connectivity index (χ3n) is 2.51. The summed E-state index contributed by atoms with van der Waals surface area (Å²) in [7, 11) is 0. The van der Waals surface area contributed by atoms with Gasteiger partial charge >= 0.3 is 12.0 Å². The van der Waals surface area contributed by atoms with E-state index < -0.39 is 12.0 Å². The van der Waals surface area contributed by atoms with Crippen LogP contribution in [0.5, 0.6) is 0 Å². The molecule has 0 aliphatic heterocycles. The average Bonchev–Trinajstić information content (AvgIpc) is 2.84. The number of hydrogen-bond donors (Lipinski definition) is 3. The number of nitrogens with zero attached hydrogens (tertiary/aromatic N) is 2. The second kappa shape index (κ2) is 6.51. The number of nitrogens with one attached hydrogen (secondary N) is 2. The lowest BCUT2D eigenvalue weighted by molar-refractivity contribution is -0.136. The third kappa shape index (κ3) is 4.60. The predicted octanol–water partition coefficient (Wildman–Crippen LogP) is 1.33. The van der Waals surface area contributed by atoms with Crippen LogP contribution in [0.25, 0.3) is 0 Å². The van der Waals surface area contributed by atoms with Crippen LogP contribution in [0, 0.1) is 6.92 Å². The second-order valence-electron chi connectivity index (χ2n) is 4.35. The molecule has 0 atom stereocenters. The van der Waals surface area contributed by atoms with Gasteiger partial charge in [-0.15, -0.1) is 0 Å². The van der Waals surface area contributed by atoms with Crippen molar-refractivity contribution in [3.8, 4) is 0 Å². The highest BCUT2D eigenvalue weighted by molar-refractivity contribution is 5.88. The van der Waals surface area contributed by atoms with Crippen molar-refractivity contribution in [3.63, 3.8) is 0 Å². The van der Waals surface area contributed by atoms with Crippen LogP contribution in [0.4, 0.5) is 10.5 Å². The summed E-state index contributed by atoms with van der Waals surface area (Å²) in [5, 5.41) is 17.5. The minimum Gasteiger partial charge on any atom is -0.481 e. The van der Waals surface area contributed by atoms with Crippen molar-refractivity contribution in [2.45, 2.75) is 19.9 Å². The summed E-state index contributed by atoms with van der Waals surface area (Å²) in [6, 6.07) is 4.44. The van der Waals surface area contributed by atoms with Gasteiger partial charge in [0.25, 0.3) is 0 Å². The smallest absolute Gasteiger partial charge is 0.319 e. The number of amides is 2. The Kier molecular flexibility index (Phi) is 4.50. The molecule has 2 heterocycles. The maximum absolute atomic E-state index is 11.6. The van der Waals surface area contributed by atoms with E-state index in [1.165, 1.54) is 6.20 Å². The van der Waals surface area contributed by atoms with Crippen LogP contribution in [-0.4, -0.2) is 27.2 Å². The molecule has 2 rings (SSSR count). The molecule has 0 aliphatic carbocycles. The van der Waals surface area contributed by atoms with Crippen LogP contribution in [0.3, 0.4) is 0 Å². The van der Waals surface area contributed by atoms with Crippen molar-refractivity contribution < 1.29 is 19.2 Å². The van der Waals surface area contributed by atoms with E-state index in [1.807, 2.05) is 0 Å². The van der Waals surface area contributed by atoms with Crippen LogP contribution in [0.1, 0.15) is 17.1 Å². The maximum Gasteiger partial charge on any atom is 0.319 e. The molecule has 2 aromatic heterocycles. The van der Waals surface area contributed by atoms with Crippen LogP contribution in [-0.2, 0) is 17.8 Å². The van der Waals surface area contributed by atoms with Gasteiger partial charge in [0, 0.05) is 6.07 Å². The van der Waals surface area contributed by atoms with E-state index in [0.29, 0.717) is 17.1 Å². The summed E-state index contributed by atoms with van der Waals surface area (Å²) < 4.78 is 4.96. The molecule has 0 saturated carbocycles. The molecule has 0 aliphatic rings. The number of aryl methyl sites for hydroxylation is 1. The number of rotatable bonds is 5. The number of carbonyl (C=O) groups excluding carboxylic acids is 1. The van der Waals surface area contributed by atoms with Gasteiger partial charge in [-0.2, -0.15) is 0 Å². The largest absolute Gasteiger partial charge is 0.481 e. The van der Waals surface area contributed by atoms with E-state index in [2.05, 4.69) is 20.8 Å². The minimum absolute atomic E-state index is 0.155. The molecule has 0 spiro atoms. The lowest BCUT2D eigenvalue weighted by Gasteiger charge is -2.06. The number of carbonyl (C=O) groups is 2. The van der Waals surface area contributed by atoms with Crippen LogP contribution < -0.4 is 10.6 Å².